The summed E-state index contributed by atoms with van der Waals surface area (Å²) >= 11 is 5.05. The molecule has 0 rings (SSSR count). The third kappa shape index (κ3) is 11.4. The lowest BCUT2D eigenvalue weighted by atomic mass is 10.4. The maximum atomic E-state index is 11.3. The summed E-state index contributed by atoms with van der Waals surface area (Å²) in [6, 6.07) is 0. The minimum Gasteiger partial charge on any atom is -0.385 e. The first-order valence-corrected chi connectivity index (χ1v) is 6.38. The fourth-order valence-electron chi connectivity index (χ4n) is 1.12. The molecule has 0 aliphatic rings. The topological polar surface area (TPSA) is 62.4 Å². The van der Waals surface area contributed by atoms with Crippen LogP contribution in [0.25, 0.3) is 0 Å². The average Bonchev–Trinajstić information content (AvgIpc) is 2.32. The fourth-order valence-corrected chi connectivity index (χ4v) is 1.33. The molecule has 0 bridgehead atoms. The summed E-state index contributed by atoms with van der Waals surface area (Å²) < 4.78 is 4.92. The number of rotatable bonds is 9. The van der Waals surface area contributed by atoms with Crippen molar-refractivity contribution < 1.29 is 9.53 Å². The van der Waals surface area contributed by atoms with Gasteiger partial charge in [0.2, 0.25) is 5.91 Å². The Bertz CT molecular complexity index is 225. The number of ether oxygens (including phenoxy) is 1. The van der Waals surface area contributed by atoms with Crippen LogP contribution < -0.4 is 16.0 Å². The number of hydrogen-bond donors (Lipinski definition) is 3. The molecule has 0 saturated carbocycles. The van der Waals surface area contributed by atoms with E-state index >= 15 is 0 Å². The van der Waals surface area contributed by atoms with Crippen molar-refractivity contribution in [2.75, 3.05) is 33.4 Å². The van der Waals surface area contributed by atoms with Crippen LogP contribution in [-0.4, -0.2) is 44.4 Å². The van der Waals surface area contributed by atoms with Gasteiger partial charge in [0, 0.05) is 39.8 Å². The van der Waals surface area contributed by atoms with Crippen molar-refractivity contribution in [3.05, 3.63) is 0 Å². The van der Waals surface area contributed by atoms with Gasteiger partial charge in [0.1, 0.15) is 0 Å². The van der Waals surface area contributed by atoms with Gasteiger partial charge in [0.15, 0.2) is 5.11 Å². The zero-order valence-electron chi connectivity index (χ0n) is 10.7. The average molecular weight is 261 g/mol. The van der Waals surface area contributed by atoms with Crippen LogP contribution in [0.2, 0.25) is 0 Å². The van der Waals surface area contributed by atoms with Crippen molar-refractivity contribution in [3.8, 4) is 0 Å². The number of carbonyl (C=O) groups excluding carboxylic acids is 1. The molecule has 6 heteroatoms. The van der Waals surface area contributed by atoms with E-state index in [0.29, 0.717) is 18.1 Å². The van der Waals surface area contributed by atoms with Gasteiger partial charge in [0.25, 0.3) is 0 Å². The molecule has 0 heterocycles. The molecule has 0 fully saturated rings. The molecule has 0 unspecified atom stereocenters. The van der Waals surface area contributed by atoms with Gasteiger partial charge >= 0.3 is 0 Å². The Morgan fingerprint density at radius 3 is 2.53 bits per heavy atom. The maximum Gasteiger partial charge on any atom is 0.221 e. The van der Waals surface area contributed by atoms with Crippen LogP contribution in [0.4, 0.5) is 0 Å². The van der Waals surface area contributed by atoms with E-state index in [1.54, 1.807) is 7.11 Å². The van der Waals surface area contributed by atoms with Crippen LogP contribution >= 0.6 is 12.2 Å². The molecule has 0 radical (unpaired) electrons. The van der Waals surface area contributed by atoms with Crippen molar-refractivity contribution in [1.82, 2.24) is 16.0 Å². The molecule has 0 spiro atoms. The SMILES string of the molecule is CCCNC(=O)CCNC(=S)NCCCOC. The summed E-state index contributed by atoms with van der Waals surface area (Å²) in [6.45, 7) is 4.82. The molecule has 0 aliphatic carbocycles. The van der Waals surface area contributed by atoms with Gasteiger partial charge in [0.05, 0.1) is 0 Å². The highest BCUT2D eigenvalue weighted by molar-refractivity contribution is 7.80. The predicted octanol–water partition coefficient (Wildman–Crippen LogP) is 0.403. The first kappa shape index (κ1) is 16.1. The second-order valence-electron chi connectivity index (χ2n) is 3.63. The predicted molar refractivity (Wildman–Crippen MR) is 73.0 cm³/mol. The molecule has 0 aromatic heterocycles. The minimum absolute atomic E-state index is 0.0570. The largest absolute Gasteiger partial charge is 0.385 e. The molecule has 0 saturated heterocycles. The van der Waals surface area contributed by atoms with Crippen molar-refractivity contribution in [1.29, 1.82) is 0 Å². The van der Waals surface area contributed by atoms with Crippen molar-refractivity contribution in [2.45, 2.75) is 26.2 Å². The van der Waals surface area contributed by atoms with E-state index < -0.39 is 0 Å². The molecule has 5 nitrogen and oxygen atoms in total. The molecule has 100 valence electrons. The molecule has 0 aromatic rings. The first-order chi connectivity index (χ1) is 8.20. The molecule has 1 amide bonds. The molecule has 0 aromatic carbocycles. The van der Waals surface area contributed by atoms with Crippen LogP contribution in [0, 0.1) is 0 Å². The quantitative estimate of drug-likeness (QED) is 0.414. The van der Waals surface area contributed by atoms with Crippen molar-refractivity contribution in [2.24, 2.45) is 0 Å². The summed E-state index contributed by atoms with van der Waals surface area (Å²) in [5.74, 6) is 0.0570. The van der Waals surface area contributed by atoms with Gasteiger partial charge in [-0.15, -0.1) is 0 Å². The summed E-state index contributed by atoms with van der Waals surface area (Å²) in [5.41, 5.74) is 0. The van der Waals surface area contributed by atoms with Crippen LogP contribution in [0.3, 0.4) is 0 Å². The van der Waals surface area contributed by atoms with E-state index in [1.165, 1.54) is 0 Å². The standard InChI is InChI=1S/C11H23N3O2S/c1-3-6-12-10(15)5-8-14-11(17)13-7-4-9-16-2/h3-9H2,1-2H3,(H,12,15)(H2,13,14,17). The summed E-state index contributed by atoms with van der Waals surface area (Å²) in [7, 11) is 1.67. The van der Waals surface area contributed by atoms with Crippen LogP contribution in [0.1, 0.15) is 26.2 Å². The highest BCUT2D eigenvalue weighted by atomic mass is 32.1. The first-order valence-electron chi connectivity index (χ1n) is 5.98. The third-order valence-electron chi connectivity index (χ3n) is 2.02. The van der Waals surface area contributed by atoms with Gasteiger partial charge in [-0.1, -0.05) is 6.92 Å². The van der Waals surface area contributed by atoms with Gasteiger partial charge < -0.3 is 20.7 Å². The number of amides is 1. The number of nitrogens with one attached hydrogen (secondary N) is 3. The number of thiocarbonyl (C=S) groups is 1. The zero-order chi connectivity index (χ0) is 12.9. The van der Waals surface area contributed by atoms with E-state index in [-0.39, 0.29) is 5.91 Å². The zero-order valence-corrected chi connectivity index (χ0v) is 11.5. The number of hydrogen-bond acceptors (Lipinski definition) is 3. The van der Waals surface area contributed by atoms with E-state index in [4.69, 9.17) is 17.0 Å². The van der Waals surface area contributed by atoms with E-state index in [2.05, 4.69) is 16.0 Å². The van der Waals surface area contributed by atoms with E-state index in [9.17, 15) is 4.79 Å². The Morgan fingerprint density at radius 1 is 1.18 bits per heavy atom. The Kier molecular flexibility index (Phi) is 11.0. The van der Waals surface area contributed by atoms with Gasteiger partial charge in [-0.05, 0) is 25.1 Å². The van der Waals surface area contributed by atoms with Crippen molar-refractivity contribution in [3.63, 3.8) is 0 Å². The Balaban J connectivity index is 3.35. The molecule has 0 aliphatic heterocycles. The monoisotopic (exact) mass is 261 g/mol. The van der Waals surface area contributed by atoms with Crippen LogP contribution in [0.15, 0.2) is 0 Å². The lowest BCUT2D eigenvalue weighted by Gasteiger charge is -2.10. The van der Waals surface area contributed by atoms with Crippen LogP contribution in [0.5, 0.6) is 0 Å². The smallest absolute Gasteiger partial charge is 0.221 e. The Morgan fingerprint density at radius 2 is 1.88 bits per heavy atom. The second kappa shape index (κ2) is 11.6. The molecule has 0 atom stereocenters. The molecular formula is C11H23N3O2S. The normalized spacial score (nSPS) is 9.76. The minimum atomic E-state index is 0.0570. The van der Waals surface area contributed by atoms with Gasteiger partial charge in [-0.25, -0.2) is 0 Å². The number of methoxy groups -OCH3 is 1. The lowest BCUT2D eigenvalue weighted by Crippen LogP contribution is -2.38. The second-order valence-corrected chi connectivity index (χ2v) is 4.04. The summed E-state index contributed by atoms with van der Waals surface area (Å²) in [6.07, 6.45) is 2.31. The summed E-state index contributed by atoms with van der Waals surface area (Å²) in [4.78, 5) is 11.3. The van der Waals surface area contributed by atoms with Gasteiger partial charge in [-0.3, -0.25) is 4.79 Å². The third-order valence-corrected chi connectivity index (χ3v) is 2.31. The van der Waals surface area contributed by atoms with E-state index in [0.717, 1.165) is 32.5 Å². The molecule has 3 N–H and O–H groups in total. The highest BCUT2D eigenvalue weighted by Crippen LogP contribution is 1.81. The fraction of sp³-hybridized carbons (Fsp3) is 0.818. The highest BCUT2D eigenvalue weighted by Gasteiger charge is 2.00. The molecular weight excluding hydrogens is 238 g/mol. The maximum absolute atomic E-state index is 11.3. The Hall–Kier alpha value is -0.880. The van der Waals surface area contributed by atoms with Crippen molar-refractivity contribution >= 4 is 23.2 Å². The van der Waals surface area contributed by atoms with Crippen LogP contribution in [-0.2, 0) is 9.53 Å². The lowest BCUT2D eigenvalue weighted by molar-refractivity contribution is -0.120. The Labute approximate surface area is 109 Å². The van der Waals surface area contributed by atoms with Gasteiger partial charge in [-0.2, -0.15) is 0 Å². The molecule has 17 heavy (non-hydrogen) atoms. The number of carbonyl (C=O) groups is 1. The van der Waals surface area contributed by atoms with E-state index in [1.807, 2.05) is 6.92 Å². The summed E-state index contributed by atoms with van der Waals surface area (Å²) in [5, 5.41) is 9.42.